The third-order valence-corrected chi connectivity index (χ3v) is 8.35. The van der Waals surface area contributed by atoms with Crippen LogP contribution >= 0.6 is 15.9 Å². The van der Waals surface area contributed by atoms with Gasteiger partial charge in [-0.05, 0) is 49.4 Å². The topological polar surface area (TPSA) is 44.8 Å². The summed E-state index contributed by atoms with van der Waals surface area (Å²) in [5.74, 6) is 0.763. The van der Waals surface area contributed by atoms with Crippen LogP contribution in [0.3, 0.4) is 0 Å². The predicted octanol–water partition coefficient (Wildman–Crippen LogP) is 4.38. The number of carbonyl (C=O) groups is 1. The van der Waals surface area contributed by atoms with Crippen molar-refractivity contribution in [3.63, 3.8) is 0 Å². The SMILES string of the molecule is C=C1CC[C@@H]2[C@]3(C)COCO[C@@H]3CC[C@@]2(C)[C@@H]1C/C=C1/C(=O)OCC1Br. The van der Waals surface area contributed by atoms with Gasteiger partial charge in [0.25, 0.3) is 0 Å². The molecule has 2 aliphatic heterocycles. The molecular weight excluding hydrogens is 396 g/mol. The Morgan fingerprint density at radius 3 is 2.85 bits per heavy atom. The Kier molecular flexibility index (Phi) is 4.85. The van der Waals surface area contributed by atoms with Crippen molar-refractivity contribution in [3.05, 3.63) is 23.8 Å². The molecule has 0 spiro atoms. The maximum atomic E-state index is 12.0. The van der Waals surface area contributed by atoms with Crippen LogP contribution in [-0.4, -0.2) is 36.9 Å². The summed E-state index contributed by atoms with van der Waals surface area (Å²) in [4.78, 5) is 12.0. The maximum Gasteiger partial charge on any atom is 0.335 e. The van der Waals surface area contributed by atoms with Crippen molar-refractivity contribution in [2.45, 2.75) is 56.9 Å². The van der Waals surface area contributed by atoms with Crippen molar-refractivity contribution >= 4 is 21.9 Å². The van der Waals surface area contributed by atoms with Crippen molar-refractivity contribution in [2.24, 2.45) is 22.7 Å². The van der Waals surface area contributed by atoms with E-state index in [2.05, 4.69) is 42.4 Å². The molecule has 0 aromatic heterocycles. The summed E-state index contributed by atoms with van der Waals surface area (Å²) in [6.45, 7) is 10.9. The highest BCUT2D eigenvalue weighted by atomic mass is 79.9. The molecular formula is C21H29BrO4. The molecule has 0 radical (unpaired) electrons. The van der Waals surface area contributed by atoms with Gasteiger partial charge in [0.05, 0.1) is 23.1 Å². The molecule has 2 saturated heterocycles. The lowest BCUT2D eigenvalue weighted by atomic mass is 9.46. The Morgan fingerprint density at radius 2 is 2.12 bits per heavy atom. The molecule has 0 bridgehead atoms. The Morgan fingerprint density at radius 1 is 1.31 bits per heavy atom. The molecule has 2 aliphatic carbocycles. The lowest BCUT2D eigenvalue weighted by Gasteiger charge is -2.61. The molecule has 144 valence electrons. The number of ether oxygens (including phenoxy) is 3. The van der Waals surface area contributed by atoms with Crippen molar-refractivity contribution < 1.29 is 19.0 Å². The molecule has 5 heteroatoms. The van der Waals surface area contributed by atoms with Crippen LogP contribution in [0.1, 0.15) is 46.0 Å². The van der Waals surface area contributed by atoms with Gasteiger partial charge in [-0.2, -0.15) is 0 Å². The lowest BCUT2D eigenvalue weighted by molar-refractivity contribution is -0.259. The Hall–Kier alpha value is -0.650. The fourth-order valence-electron chi connectivity index (χ4n) is 6.17. The number of esters is 1. The molecule has 0 aromatic rings. The molecule has 4 fully saturated rings. The minimum atomic E-state index is -0.181. The second kappa shape index (κ2) is 6.75. The van der Waals surface area contributed by atoms with E-state index in [1.165, 1.54) is 5.57 Å². The van der Waals surface area contributed by atoms with Gasteiger partial charge in [0.1, 0.15) is 13.4 Å². The average Bonchev–Trinajstić information content (AvgIpc) is 2.92. The van der Waals surface area contributed by atoms with E-state index in [4.69, 9.17) is 14.2 Å². The number of halogens is 1. The maximum absolute atomic E-state index is 12.0. The first kappa shape index (κ1) is 18.7. The highest BCUT2D eigenvalue weighted by molar-refractivity contribution is 9.09. The molecule has 6 atom stereocenters. The van der Waals surface area contributed by atoms with Gasteiger partial charge in [0.15, 0.2) is 0 Å². The average molecular weight is 425 g/mol. The minimum absolute atomic E-state index is 0.0175. The van der Waals surface area contributed by atoms with Gasteiger partial charge in [-0.3, -0.25) is 0 Å². The van der Waals surface area contributed by atoms with Crippen LogP contribution in [0.15, 0.2) is 23.8 Å². The zero-order chi connectivity index (χ0) is 18.5. The zero-order valence-corrected chi connectivity index (χ0v) is 17.3. The standard InChI is InChI=1S/C21H29BrO4/c1-13-4-7-17-20(2,9-8-18-21(17,3)11-24-12-26-18)15(13)6-5-14-16(22)10-25-19(14)23/h5,15-18H,1,4,6-12H2,2-3H3/b14-5+/t15-,16?,17+,18-,20+,21+/m1/s1. The number of allylic oxidation sites excluding steroid dienone is 2. The fourth-order valence-corrected chi connectivity index (χ4v) is 6.68. The Bertz CT molecular complexity index is 644. The third kappa shape index (κ3) is 2.82. The van der Waals surface area contributed by atoms with Gasteiger partial charge in [-0.15, -0.1) is 0 Å². The van der Waals surface area contributed by atoms with Crippen LogP contribution in [0, 0.1) is 22.7 Å². The molecule has 4 nitrogen and oxygen atoms in total. The summed E-state index contributed by atoms with van der Waals surface area (Å²) < 4.78 is 16.9. The zero-order valence-electron chi connectivity index (χ0n) is 15.8. The minimum Gasteiger partial charge on any atom is -0.461 e. The van der Waals surface area contributed by atoms with Gasteiger partial charge >= 0.3 is 5.97 Å². The predicted molar refractivity (Wildman–Crippen MR) is 103 cm³/mol. The quantitative estimate of drug-likeness (QED) is 0.285. The van der Waals surface area contributed by atoms with Crippen LogP contribution in [0.4, 0.5) is 0 Å². The van der Waals surface area contributed by atoms with Crippen molar-refractivity contribution in [3.8, 4) is 0 Å². The highest BCUT2D eigenvalue weighted by Crippen LogP contribution is 2.63. The van der Waals surface area contributed by atoms with Crippen molar-refractivity contribution in [1.29, 1.82) is 0 Å². The molecule has 4 aliphatic rings. The van der Waals surface area contributed by atoms with E-state index in [9.17, 15) is 4.79 Å². The third-order valence-electron chi connectivity index (χ3n) is 7.59. The van der Waals surface area contributed by atoms with E-state index in [1.807, 2.05) is 0 Å². The van der Waals surface area contributed by atoms with Crippen LogP contribution in [0.25, 0.3) is 0 Å². The normalized spacial score (nSPS) is 47.4. The number of hydrogen-bond acceptors (Lipinski definition) is 4. The number of carbonyl (C=O) groups excluding carboxylic acids is 1. The second-order valence-corrected chi connectivity index (χ2v) is 10.0. The Balaban J connectivity index is 1.61. The van der Waals surface area contributed by atoms with Crippen molar-refractivity contribution in [1.82, 2.24) is 0 Å². The fraction of sp³-hybridized carbons (Fsp3) is 0.762. The summed E-state index contributed by atoms with van der Waals surface area (Å²) in [6.07, 6.45) is 7.70. The Labute approximate surface area is 164 Å². The van der Waals surface area contributed by atoms with E-state index in [-0.39, 0.29) is 21.6 Å². The first-order valence-corrected chi connectivity index (χ1v) is 10.7. The number of alkyl halides is 1. The number of cyclic esters (lactones) is 1. The number of hydrogen-bond donors (Lipinski definition) is 0. The molecule has 0 aromatic carbocycles. The van der Waals surface area contributed by atoms with E-state index in [1.54, 1.807) is 0 Å². The number of fused-ring (bicyclic) bond motifs is 3. The smallest absolute Gasteiger partial charge is 0.335 e. The second-order valence-electron chi connectivity index (χ2n) is 8.94. The van der Waals surface area contributed by atoms with E-state index in [0.29, 0.717) is 31.3 Å². The van der Waals surface area contributed by atoms with Gasteiger partial charge in [0.2, 0.25) is 0 Å². The van der Waals surface area contributed by atoms with E-state index < -0.39 is 0 Å². The summed E-state index contributed by atoms with van der Waals surface area (Å²) in [7, 11) is 0. The molecule has 1 unspecified atom stereocenters. The summed E-state index contributed by atoms with van der Waals surface area (Å²) in [5, 5.41) is 0. The molecule has 2 saturated carbocycles. The summed E-state index contributed by atoms with van der Waals surface area (Å²) >= 11 is 3.55. The molecule has 0 N–H and O–H groups in total. The first-order chi connectivity index (χ1) is 12.4. The lowest BCUT2D eigenvalue weighted by Crippen LogP contribution is -2.60. The van der Waals surface area contributed by atoms with E-state index in [0.717, 1.165) is 44.3 Å². The first-order valence-electron chi connectivity index (χ1n) is 9.74. The van der Waals surface area contributed by atoms with Crippen LogP contribution in [0.2, 0.25) is 0 Å². The number of rotatable bonds is 2. The van der Waals surface area contributed by atoms with Crippen LogP contribution in [-0.2, 0) is 19.0 Å². The molecule has 4 rings (SSSR count). The van der Waals surface area contributed by atoms with Gasteiger partial charge in [-0.1, -0.05) is 48.0 Å². The summed E-state index contributed by atoms with van der Waals surface area (Å²) in [6, 6.07) is 0. The van der Waals surface area contributed by atoms with E-state index >= 15 is 0 Å². The van der Waals surface area contributed by atoms with Gasteiger partial charge < -0.3 is 14.2 Å². The largest absolute Gasteiger partial charge is 0.461 e. The molecule has 2 heterocycles. The van der Waals surface area contributed by atoms with Crippen LogP contribution < -0.4 is 0 Å². The molecule has 0 amide bonds. The van der Waals surface area contributed by atoms with Gasteiger partial charge in [0, 0.05) is 5.41 Å². The molecule has 26 heavy (non-hydrogen) atoms. The highest BCUT2D eigenvalue weighted by Gasteiger charge is 2.59. The van der Waals surface area contributed by atoms with Crippen LogP contribution in [0.5, 0.6) is 0 Å². The monoisotopic (exact) mass is 424 g/mol. The van der Waals surface area contributed by atoms with Gasteiger partial charge in [-0.25, -0.2) is 4.79 Å². The summed E-state index contributed by atoms with van der Waals surface area (Å²) in [5.41, 5.74) is 2.35. The van der Waals surface area contributed by atoms with Crippen molar-refractivity contribution in [2.75, 3.05) is 20.0 Å².